The van der Waals surface area contributed by atoms with Crippen LogP contribution >= 0.6 is 0 Å². The summed E-state index contributed by atoms with van der Waals surface area (Å²) in [5.41, 5.74) is 0. The van der Waals surface area contributed by atoms with E-state index in [1.807, 2.05) is 0 Å². The minimum atomic E-state index is -0.471. The van der Waals surface area contributed by atoms with Crippen LogP contribution in [0.1, 0.15) is 91.4 Å². The van der Waals surface area contributed by atoms with Gasteiger partial charge in [-0.25, -0.2) is 9.59 Å². The van der Waals surface area contributed by atoms with Crippen molar-refractivity contribution in [3.8, 4) is 0 Å². The van der Waals surface area contributed by atoms with Crippen LogP contribution in [0, 0.1) is 0 Å². The maximum absolute atomic E-state index is 11.8. The minimum absolute atomic E-state index is 0.0498. The number of carbonyl (C=O) groups is 2. The first-order chi connectivity index (χ1) is 11.6. The molecule has 0 amide bonds. The Morgan fingerprint density at radius 3 is 2.04 bits per heavy atom. The van der Waals surface area contributed by atoms with Gasteiger partial charge in [0.15, 0.2) is 0 Å². The number of ether oxygens (including phenoxy) is 2. The predicted molar refractivity (Wildman–Crippen MR) is 97.8 cm³/mol. The molecule has 0 spiro atoms. The molecule has 1 unspecified atom stereocenters. The zero-order valence-electron chi connectivity index (χ0n) is 15.9. The molecule has 0 N–H and O–H groups in total. The lowest BCUT2D eigenvalue weighted by molar-refractivity contribution is -0.144. The Balaban J connectivity index is 3.87. The lowest BCUT2D eigenvalue weighted by Crippen LogP contribution is -2.17. The van der Waals surface area contributed by atoms with Crippen molar-refractivity contribution in [2.45, 2.75) is 97.5 Å². The van der Waals surface area contributed by atoms with E-state index >= 15 is 0 Å². The first kappa shape index (κ1) is 22.7. The highest BCUT2D eigenvalue weighted by molar-refractivity contribution is 5.91. The molecule has 4 nitrogen and oxygen atoms in total. The smallest absolute Gasteiger partial charge is 0.331 e. The average molecular weight is 341 g/mol. The Labute approximate surface area is 148 Å². The molecule has 0 aromatic heterocycles. The van der Waals surface area contributed by atoms with Crippen LogP contribution in [-0.2, 0) is 19.1 Å². The van der Waals surface area contributed by atoms with Crippen molar-refractivity contribution in [3.63, 3.8) is 0 Å². The molecular weight excluding hydrogens is 304 g/mol. The molecule has 0 aliphatic carbocycles. The predicted octanol–water partition coefficient (Wildman–Crippen LogP) is 5.35. The molecule has 0 aliphatic heterocycles. The number of hydrogen-bond acceptors (Lipinski definition) is 4. The van der Waals surface area contributed by atoms with Gasteiger partial charge in [-0.1, -0.05) is 72.1 Å². The third-order valence-corrected chi connectivity index (χ3v) is 3.87. The molecule has 0 heterocycles. The minimum Gasteiger partial charge on any atom is -0.463 e. The van der Waals surface area contributed by atoms with Crippen molar-refractivity contribution in [2.75, 3.05) is 6.61 Å². The van der Waals surface area contributed by atoms with Crippen LogP contribution in [0.4, 0.5) is 0 Å². The molecule has 24 heavy (non-hydrogen) atoms. The summed E-state index contributed by atoms with van der Waals surface area (Å²) in [6.07, 6.45) is 14.0. The second kappa shape index (κ2) is 16.5. The first-order valence-electron chi connectivity index (χ1n) is 9.69. The molecular formula is C20H36O4. The Morgan fingerprint density at radius 2 is 1.38 bits per heavy atom. The van der Waals surface area contributed by atoms with Crippen LogP contribution in [0.2, 0.25) is 0 Å². The van der Waals surface area contributed by atoms with Gasteiger partial charge in [-0.2, -0.15) is 0 Å². The molecule has 140 valence electrons. The van der Waals surface area contributed by atoms with Crippen molar-refractivity contribution >= 4 is 11.9 Å². The van der Waals surface area contributed by atoms with E-state index in [0.29, 0.717) is 6.61 Å². The Morgan fingerprint density at radius 1 is 0.750 bits per heavy atom. The van der Waals surface area contributed by atoms with Gasteiger partial charge in [-0.05, 0) is 19.3 Å². The standard InChI is InChI=1S/C20H36O4/c1-4-7-9-10-11-12-17-23-19(21)15-16-20(22)24-18(13-6-3)14-8-5-2/h15-16,18H,4-14,17H2,1-3H3/b16-15+. The number of carbonyl (C=O) groups excluding carboxylic acids is 2. The van der Waals surface area contributed by atoms with E-state index in [2.05, 4.69) is 20.8 Å². The zero-order valence-corrected chi connectivity index (χ0v) is 15.9. The van der Waals surface area contributed by atoms with Crippen LogP contribution in [-0.4, -0.2) is 24.6 Å². The second-order valence-corrected chi connectivity index (χ2v) is 6.26. The number of esters is 2. The topological polar surface area (TPSA) is 52.6 Å². The van der Waals surface area contributed by atoms with Crippen molar-refractivity contribution in [3.05, 3.63) is 12.2 Å². The van der Waals surface area contributed by atoms with Gasteiger partial charge in [0.25, 0.3) is 0 Å². The monoisotopic (exact) mass is 340 g/mol. The molecule has 0 rings (SSSR count). The Kier molecular flexibility index (Phi) is 15.6. The second-order valence-electron chi connectivity index (χ2n) is 6.26. The third-order valence-electron chi connectivity index (χ3n) is 3.87. The quantitative estimate of drug-likeness (QED) is 0.229. The maximum Gasteiger partial charge on any atom is 0.331 e. The van der Waals surface area contributed by atoms with E-state index in [4.69, 9.17) is 9.47 Å². The summed E-state index contributed by atoms with van der Waals surface area (Å²) in [4.78, 5) is 23.3. The van der Waals surface area contributed by atoms with Gasteiger partial charge in [-0.15, -0.1) is 0 Å². The third kappa shape index (κ3) is 14.3. The van der Waals surface area contributed by atoms with Crippen molar-refractivity contribution in [2.24, 2.45) is 0 Å². The highest BCUT2D eigenvalue weighted by atomic mass is 16.5. The molecule has 4 heteroatoms. The molecule has 1 atom stereocenters. The normalized spacial score (nSPS) is 12.3. The molecule has 0 aromatic carbocycles. The van der Waals surface area contributed by atoms with Gasteiger partial charge in [-0.3, -0.25) is 0 Å². The van der Waals surface area contributed by atoms with E-state index in [9.17, 15) is 9.59 Å². The summed E-state index contributed by atoms with van der Waals surface area (Å²) < 4.78 is 10.5. The van der Waals surface area contributed by atoms with E-state index in [0.717, 1.165) is 44.9 Å². The maximum atomic E-state index is 11.8. The van der Waals surface area contributed by atoms with Gasteiger partial charge >= 0.3 is 11.9 Å². The summed E-state index contributed by atoms with van der Waals surface area (Å²) >= 11 is 0. The number of hydrogen-bond donors (Lipinski definition) is 0. The summed E-state index contributed by atoms with van der Waals surface area (Å²) in [7, 11) is 0. The van der Waals surface area contributed by atoms with Crippen molar-refractivity contribution in [1.29, 1.82) is 0 Å². The molecule has 0 saturated carbocycles. The van der Waals surface area contributed by atoms with Gasteiger partial charge in [0.2, 0.25) is 0 Å². The largest absolute Gasteiger partial charge is 0.463 e. The Bertz CT molecular complexity index is 350. The van der Waals surface area contributed by atoms with Crippen LogP contribution in [0.25, 0.3) is 0 Å². The SMILES string of the molecule is CCCCCCCCOC(=O)/C=C/C(=O)OC(CCC)CCCC. The van der Waals surface area contributed by atoms with Gasteiger partial charge in [0.05, 0.1) is 6.61 Å². The summed E-state index contributed by atoms with van der Waals surface area (Å²) in [6, 6.07) is 0. The summed E-state index contributed by atoms with van der Waals surface area (Å²) in [5, 5.41) is 0. The van der Waals surface area contributed by atoms with E-state index in [1.54, 1.807) is 0 Å². The molecule has 0 aromatic rings. The number of unbranched alkanes of at least 4 members (excludes halogenated alkanes) is 6. The summed E-state index contributed by atoms with van der Waals surface area (Å²) in [6.45, 7) is 6.79. The van der Waals surface area contributed by atoms with E-state index in [1.165, 1.54) is 37.8 Å². The van der Waals surface area contributed by atoms with Gasteiger partial charge in [0.1, 0.15) is 6.10 Å². The zero-order chi connectivity index (χ0) is 18.0. The fraction of sp³-hybridized carbons (Fsp3) is 0.800. The number of rotatable bonds is 15. The lowest BCUT2D eigenvalue weighted by atomic mass is 10.1. The average Bonchev–Trinajstić information content (AvgIpc) is 2.57. The molecule has 0 fully saturated rings. The molecule has 0 radical (unpaired) electrons. The van der Waals surface area contributed by atoms with Gasteiger partial charge < -0.3 is 9.47 Å². The van der Waals surface area contributed by atoms with Gasteiger partial charge in [0, 0.05) is 12.2 Å². The fourth-order valence-electron chi connectivity index (χ4n) is 2.46. The Hall–Kier alpha value is -1.32. The first-order valence-corrected chi connectivity index (χ1v) is 9.69. The van der Waals surface area contributed by atoms with E-state index in [-0.39, 0.29) is 6.10 Å². The van der Waals surface area contributed by atoms with Crippen molar-refractivity contribution < 1.29 is 19.1 Å². The highest BCUT2D eigenvalue weighted by Gasteiger charge is 2.11. The van der Waals surface area contributed by atoms with Crippen LogP contribution in [0.3, 0.4) is 0 Å². The summed E-state index contributed by atoms with van der Waals surface area (Å²) in [5.74, 6) is -0.929. The van der Waals surface area contributed by atoms with Crippen LogP contribution < -0.4 is 0 Å². The highest BCUT2D eigenvalue weighted by Crippen LogP contribution is 2.11. The lowest BCUT2D eigenvalue weighted by Gasteiger charge is -2.15. The van der Waals surface area contributed by atoms with Crippen LogP contribution in [0.15, 0.2) is 12.2 Å². The molecule has 0 bridgehead atoms. The van der Waals surface area contributed by atoms with Crippen molar-refractivity contribution in [1.82, 2.24) is 0 Å². The van der Waals surface area contributed by atoms with E-state index < -0.39 is 11.9 Å². The fourth-order valence-corrected chi connectivity index (χ4v) is 2.46. The molecule has 0 saturated heterocycles. The molecule has 0 aliphatic rings. The van der Waals surface area contributed by atoms with Crippen LogP contribution in [0.5, 0.6) is 0 Å².